The minimum absolute atomic E-state index is 0.527. The summed E-state index contributed by atoms with van der Waals surface area (Å²) in [5.41, 5.74) is 4.23. The molecule has 0 heterocycles. The zero-order valence-corrected chi connectivity index (χ0v) is 17.9. The van der Waals surface area contributed by atoms with Gasteiger partial charge in [-0.25, -0.2) is 0 Å². The number of aromatic hydroxyl groups is 1. The van der Waals surface area contributed by atoms with Crippen LogP contribution in [0.25, 0.3) is 0 Å². The van der Waals surface area contributed by atoms with E-state index in [1.165, 1.54) is 100 Å². The van der Waals surface area contributed by atoms with Crippen LogP contribution >= 0.6 is 0 Å². The number of rotatable bonds is 16. The SMILES string of the molecule is CCCCCCCCc1ccc(O)c(CCC)c1CCCCCCCC. The number of benzene rings is 1. The summed E-state index contributed by atoms with van der Waals surface area (Å²) in [5.74, 6) is 0.527. The molecular weight excluding hydrogens is 316 g/mol. The van der Waals surface area contributed by atoms with E-state index in [1.54, 1.807) is 0 Å². The van der Waals surface area contributed by atoms with Crippen molar-refractivity contribution in [1.29, 1.82) is 0 Å². The summed E-state index contributed by atoms with van der Waals surface area (Å²) in [4.78, 5) is 0. The van der Waals surface area contributed by atoms with Crippen LogP contribution in [0.3, 0.4) is 0 Å². The number of phenolic OH excluding ortho intramolecular Hbond substituents is 1. The Morgan fingerprint density at radius 1 is 0.538 bits per heavy atom. The maximum atomic E-state index is 10.4. The standard InChI is InChI=1S/C25H44O/c1-4-7-9-11-13-15-18-22-20-21-25(26)24(17-6-3)23(22)19-16-14-12-10-8-5-2/h20-21,26H,4-19H2,1-3H3. The highest BCUT2D eigenvalue weighted by Gasteiger charge is 2.12. The minimum Gasteiger partial charge on any atom is -0.508 e. The lowest BCUT2D eigenvalue weighted by Gasteiger charge is -2.16. The molecule has 0 aliphatic rings. The van der Waals surface area contributed by atoms with Crippen LogP contribution in [-0.4, -0.2) is 5.11 Å². The summed E-state index contributed by atoms with van der Waals surface area (Å²) in [6.45, 7) is 6.77. The zero-order chi connectivity index (χ0) is 19.0. The molecule has 0 aliphatic heterocycles. The number of hydrogen-bond acceptors (Lipinski definition) is 1. The van der Waals surface area contributed by atoms with Crippen LogP contribution in [0, 0.1) is 0 Å². The topological polar surface area (TPSA) is 20.2 Å². The van der Waals surface area contributed by atoms with E-state index >= 15 is 0 Å². The minimum atomic E-state index is 0.527. The van der Waals surface area contributed by atoms with Gasteiger partial charge in [-0.15, -0.1) is 0 Å². The lowest BCUT2D eigenvalue weighted by Crippen LogP contribution is -2.02. The zero-order valence-electron chi connectivity index (χ0n) is 17.9. The molecule has 1 heteroatoms. The third-order valence-electron chi connectivity index (χ3n) is 5.58. The summed E-state index contributed by atoms with van der Waals surface area (Å²) in [6.07, 6.45) is 20.6. The molecule has 0 aromatic heterocycles. The fourth-order valence-electron chi connectivity index (χ4n) is 3.98. The monoisotopic (exact) mass is 360 g/mol. The lowest BCUT2D eigenvalue weighted by molar-refractivity contribution is 0.465. The second-order valence-corrected chi connectivity index (χ2v) is 7.99. The smallest absolute Gasteiger partial charge is 0.119 e. The Balaban J connectivity index is 2.61. The molecule has 0 bridgehead atoms. The predicted octanol–water partition coefficient (Wildman–Crippen LogP) is 8.15. The summed E-state index contributed by atoms with van der Waals surface area (Å²) in [5, 5.41) is 10.4. The highest BCUT2D eigenvalue weighted by Crippen LogP contribution is 2.29. The van der Waals surface area contributed by atoms with Crippen molar-refractivity contribution in [3.05, 3.63) is 28.8 Å². The largest absolute Gasteiger partial charge is 0.508 e. The first-order chi connectivity index (χ1) is 12.7. The van der Waals surface area contributed by atoms with Crippen LogP contribution in [-0.2, 0) is 19.3 Å². The molecule has 0 saturated carbocycles. The van der Waals surface area contributed by atoms with Crippen LogP contribution in [0.2, 0.25) is 0 Å². The Morgan fingerprint density at radius 2 is 1.08 bits per heavy atom. The first-order valence-electron chi connectivity index (χ1n) is 11.6. The molecule has 0 spiro atoms. The first kappa shape index (κ1) is 23.1. The first-order valence-corrected chi connectivity index (χ1v) is 11.6. The Hall–Kier alpha value is -0.980. The Bertz CT molecular complexity index is 463. The van der Waals surface area contributed by atoms with Crippen molar-refractivity contribution in [1.82, 2.24) is 0 Å². The van der Waals surface area contributed by atoms with E-state index in [2.05, 4.69) is 26.8 Å². The molecule has 1 aromatic carbocycles. The molecule has 0 aliphatic carbocycles. The summed E-state index contributed by atoms with van der Waals surface area (Å²) in [7, 11) is 0. The fraction of sp³-hybridized carbons (Fsp3) is 0.760. The normalized spacial score (nSPS) is 11.2. The van der Waals surface area contributed by atoms with Gasteiger partial charge in [-0.3, -0.25) is 0 Å². The van der Waals surface area contributed by atoms with Gasteiger partial charge in [-0.05, 0) is 54.9 Å². The molecule has 0 atom stereocenters. The molecule has 0 unspecified atom stereocenters. The van der Waals surface area contributed by atoms with Crippen molar-refractivity contribution in [2.24, 2.45) is 0 Å². The van der Waals surface area contributed by atoms with E-state index in [0.29, 0.717) is 5.75 Å². The number of hydrogen-bond donors (Lipinski definition) is 1. The maximum Gasteiger partial charge on any atom is 0.119 e. The van der Waals surface area contributed by atoms with Gasteiger partial charge in [-0.2, -0.15) is 0 Å². The second kappa shape index (κ2) is 15.1. The highest BCUT2D eigenvalue weighted by molar-refractivity contribution is 5.45. The van der Waals surface area contributed by atoms with Crippen LogP contribution < -0.4 is 0 Å². The van der Waals surface area contributed by atoms with Gasteiger partial charge in [0, 0.05) is 0 Å². The summed E-state index contributed by atoms with van der Waals surface area (Å²) < 4.78 is 0. The van der Waals surface area contributed by atoms with Gasteiger partial charge in [0.2, 0.25) is 0 Å². The number of aryl methyl sites for hydroxylation is 1. The van der Waals surface area contributed by atoms with Crippen LogP contribution in [0.15, 0.2) is 12.1 Å². The van der Waals surface area contributed by atoms with Gasteiger partial charge < -0.3 is 5.11 Å². The van der Waals surface area contributed by atoms with Crippen molar-refractivity contribution < 1.29 is 5.11 Å². The van der Waals surface area contributed by atoms with E-state index in [-0.39, 0.29) is 0 Å². The van der Waals surface area contributed by atoms with Gasteiger partial charge in [0.1, 0.15) is 5.75 Å². The molecule has 1 nitrogen and oxygen atoms in total. The van der Waals surface area contributed by atoms with Crippen LogP contribution in [0.5, 0.6) is 5.75 Å². The third-order valence-corrected chi connectivity index (χ3v) is 5.58. The van der Waals surface area contributed by atoms with E-state index in [1.807, 2.05) is 6.07 Å². The van der Waals surface area contributed by atoms with E-state index < -0.39 is 0 Å². The van der Waals surface area contributed by atoms with Gasteiger partial charge in [-0.1, -0.05) is 97.5 Å². The molecule has 26 heavy (non-hydrogen) atoms. The highest BCUT2D eigenvalue weighted by atomic mass is 16.3. The third kappa shape index (κ3) is 9.10. The van der Waals surface area contributed by atoms with Gasteiger partial charge in [0.25, 0.3) is 0 Å². The Labute approximate surface area is 163 Å². The molecule has 0 fully saturated rings. The number of unbranched alkanes of at least 4 members (excludes halogenated alkanes) is 10. The summed E-state index contributed by atoms with van der Waals surface area (Å²) in [6, 6.07) is 4.15. The average molecular weight is 361 g/mol. The van der Waals surface area contributed by atoms with E-state index in [0.717, 1.165) is 19.3 Å². The van der Waals surface area contributed by atoms with Gasteiger partial charge >= 0.3 is 0 Å². The molecule has 150 valence electrons. The maximum absolute atomic E-state index is 10.4. The summed E-state index contributed by atoms with van der Waals surface area (Å²) >= 11 is 0. The van der Waals surface area contributed by atoms with Crippen molar-refractivity contribution in [3.63, 3.8) is 0 Å². The van der Waals surface area contributed by atoms with Gasteiger partial charge in [0.15, 0.2) is 0 Å². The molecule has 0 saturated heterocycles. The number of phenols is 1. The second-order valence-electron chi connectivity index (χ2n) is 7.99. The Morgan fingerprint density at radius 3 is 1.65 bits per heavy atom. The molecule has 1 rings (SSSR count). The molecular formula is C25H44O. The fourth-order valence-corrected chi connectivity index (χ4v) is 3.98. The quantitative estimate of drug-likeness (QED) is 0.295. The lowest BCUT2D eigenvalue weighted by atomic mass is 9.90. The predicted molar refractivity (Wildman–Crippen MR) is 116 cm³/mol. The molecule has 1 N–H and O–H groups in total. The molecule has 1 aromatic rings. The van der Waals surface area contributed by atoms with E-state index in [4.69, 9.17) is 0 Å². The van der Waals surface area contributed by atoms with E-state index in [9.17, 15) is 5.11 Å². The van der Waals surface area contributed by atoms with Crippen LogP contribution in [0.4, 0.5) is 0 Å². The van der Waals surface area contributed by atoms with Crippen molar-refractivity contribution in [2.75, 3.05) is 0 Å². The average Bonchev–Trinajstić information content (AvgIpc) is 2.64. The van der Waals surface area contributed by atoms with Crippen molar-refractivity contribution >= 4 is 0 Å². The van der Waals surface area contributed by atoms with Crippen LogP contribution in [0.1, 0.15) is 121 Å². The molecule has 0 amide bonds. The Kier molecular flexibility index (Phi) is 13.4. The van der Waals surface area contributed by atoms with Crippen molar-refractivity contribution in [2.45, 2.75) is 124 Å². The van der Waals surface area contributed by atoms with Gasteiger partial charge in [0.05, 0.1) is 0 Å². The van der Waals surface area contributed by atoms with Crippen molar-refractivity contribution in [3.8, 4) is 5.75 Å². The molecule has 0 radical (unpaired) electrons.